The van der Waals surface area contributed by atoms with Crippen LogP contribution in [-0.2, 0) is 16.1 Å². The molecule has 0 radical (unpaired) electrons. The highest BCUT2D eigenvalue weighted by Crippen LogP contribution is 2.31. The van der Waals surface area contributed by atoms with Crippen LogP contribution >= 0.6 is 24.8 Å². The summed E-state index contributed by atoms with van der Waals surface area (Å²) in [6.07, 6.45) is 2.80. The van der Waals surface area contributed by atoms with E-state index in [0.29, 0.717) is 37.7 Å². The van der Waals surface area contributed by atoms with Crippen LogP contribution in [0.15, 0.2) is 29.8 Å². The highest BCUT2D eigenvalue weighted by molar-refractivity contribution is 5.96. The fourth-order valence-corrected chi connectivity index (χ4v) is 4.36. The third kappa shape index (κ3) is 9.47. The summed E-state index contributed by atoms with van der Waals surface area (Å²) in [6, 6.07) is 5.69. The van der Waals surface area contributed by atoms with Crippen molar-refractivity contribution in [3.05, 3.63) is 35.4 Å². The van der Waals surface area contributed by atoms with E-state index >= 15 is 0 Å². The number of carbonyl (C=O) groups is 2. The topological polar surface area (TPSA) is 91.9 Å². The van der Waals surface area contributed by atoms with E-state index in [1.54, 1.807) is 12.0 Å². The molecule has 1 heterocycles. The van der Waals surface area contributed by atoms with Crippen LogP contribution < -0.4 is 25.4 Å². The number of benzene rings is 1. The molecule has 0 fully saturated rings. The minimum Gasteiger partial charge on any atom is -0.493 e. The first-order valence-corrected chi connectivity index (χ1v) is 12.1. The molecule has 0 atom stereocenters. The van der Waals surface area contributed by atoms with Crippen molar-refractivity contribution in [2.45, 2.75) is 65.6 Å². The third-order valence-corrected chi connectivity index (χ3v) is 5.93. The summed E-state index contributed by atoms with van der Waals surface area (Å²) >= 11 is 0. The summed E-state index contributed by atoms with van der Waals surface area (Å²) < 4.78 is 11.3. The van der Waals surface area contributed by atoms with Crippen LogP contribution in [0, 0.1) is 0 Å². The van der Waals surface area contributed by atoms with E-state index in [-0.39, 0.29) is 54.3 Å². The lowest BCUT2D eigenvalue weighted by atomic mass is 9.96. The molecule has 2 amide bonds. The number of ether oxygens (including phenoxy) is 2. The zero-order chi connectivity index (χ0) is 25.4. The lowest BCUT2D eigenvalue weighted by Crippen LogP contribution is -2.47. The number of carbonyl (C=O) groups excluding carboxylic acids is 2. The van der Waals surface area contributed by atoms with Crippen LogP contribution in [0.4, 0.5) is 0 Å². The quantitative estimate of drug-likeness (QED) is 0.328. The summed E-state index contributed by atoms with van der Waals surface area (Å²) in [5, 5.41) is 9.88. The van der Waals surface area contributed by atoms with Gasteiger partial charge in [-0.25, -0.2) is 0 Å². The Balaban J connectivity index is 0.00000612. The van der Waals surface area contributed by atoms with Gasteiger partial charge >= 0.3 is 0 Å². The molecule has 0 unspecified atom stereocenters. The maximum absolute atomic E-state index is 12.6. The minimum atomic E-state index is -0.346. The monoisotopic (exact) mass is 546 g/mol. The van der Waals surface area contributed by atoms with E-state index in [0.717, 1.165) is 24.1 Å². The van der Waals surface area contributed by atoms with Crippen LogP contribution in [0.1, 0.15) is 53.5 Å². The molecule has 0 spiro atoms. The lowest BCUT2D eigenvalue weighted by molar-refractivity contribution is -0.133. The van der Waals surface area contributed by atoms with Crippen molar-refractivity contribution in [3.8, 4) is 11.5 Å². The average molecular weight is 548 g/mol. The van der Waals surface area contributed by atoms with Gasteiger partial charge in [0.25, 0.3) is 5.91 Å². The van der Waals surface area contributed by atoms with Gasteiger partial charge in [-0.15, -0.1) is 24.8 Å². The van der Waals surface area contributed by atoms with Crippen molar-refractivity contribution in [3.63, 3.8) is 0 Å². The van der Waals surface area contributed by atoms with Gasteiger partial charge in [0, 0.05) is 48.4 Å². The lowest BCUT2D eigenvalue weighted by Gasteiger charge is -2.27. The van der Waals surface area contributed by atoms with Crippen LogP contribution in [-0.4, -0.2) is 67.7 Å². The van der Waals surface area contributed by atoms with E-state index in [2.05, 4.69) is 29.8 Å². The molecule has 0 saturated carbocycles. The number of nitrogens with one attached hydrogen (secondary N) is 3. The number of nitrogens with zero attached hydrogens (tertiary/aromatic N) is 1. The largest absolute Gasteiger partial charge is 0.493 e. The van der Waals surface area contributed by atoms with Crippen molar-refractivity contribution >= 4 is 36.6 Å². The fraction of sp³-hybridized carbons (Fsp3) is 0.615. The summed E-state index contributed by atoms with van der Waals surface area (Å²) in [4.78, 5) is 26.7. The molecule has 8 nitrogen and oxygen atoms in total. The Morgan fingerprint density at radius 3 is 2.28 bits per heavy atom. The first-order chi connectivity index (χ1) is 16.0. The molecular formula is C26H44Cl2N4O4. The molecule has 0 aliphatic carbocycles. The fourth-order valence-electron chi connectivity index (χ4n) is 4.36. The van der Waals surface area contributed by atoms with E-state index < -0.39 is 0 Å². The number of para-hydroxylation sites is 1. The standard InChI is InChI=1S/C26H42N4O4.2ClH/c1-8-30(9-2)22(31)18-34-23-19(12-10-13-21(23)33-7)17-27-14-11-15-28-24(32)20-16-25(3,4)29-26(20,5)6;;/h10,12-13,16,27,29H,8-9,11,14-15,17-18H2,1-7H3,(H,28,32);2*1H. The van der Waals surface area contributed by atoms with Crippen molar-refractivity contribution in [1.29, 1.82) is 0 Å². The van der Waals surface area contributed by atoms with Gasteiger partial charge in [-0.05, 0) is 60.6 Å². The number of rotatable bonds is 13. The second-order valence-electron chi connectivity index (χ2n) is 9.62. The molecule has 10 heteroatoms. The van der Waals surface area contributed by atoms with Crippen molar-refractivity contribution in [2.75, 3.05) is 39.9 Å². The van der Waals surface area contributed by atoms with E-state index in [1.807, 2.05) is 52.0 Å². The van der Waals surface area contributed by atoms with Crippen molar-refractivity contribution < 1.29 is 19.1 Å². The van der Waals surface area contributed by atoms with Crippen molar-refractivity contribution in [1.82, 2.24) is 20.9 Å². The maximum atomic E-state index is 12.6. The Labute approximate surface area is 228 Å². The Kier molecular flexibility index (Phi) is 14.4. The maximum Gasteiger partial charge on any atom is 0.260 e. The summed E-state index contributed by atoms with van der Waals surface area (Å²) in [6.45, 7) is 15.2. The molecule has 36 heavy (non-hydrogen) atoms. The molecule has 1 aromatic carbocycles. The van der Waals surface area contributed by atoms with Gasteiger partial charge in [-0.2, -0.15) is 0 Å². The van der Waals surface area contributed by atoms with Gasteiger partial charge in [0.15, 0.2) is 18.1 Å². The number of hydrogen-bond donors (Lipinski definition) is 3. The third-order valence-electron chi connectivity index (χ3n) is 5.93. The smallest absolute Gasteiger partial charge is 0.260 e. The Hall–Kier alpha value is -2.00. The number of halogens is 2. The van der Waals surface area contributed by atoms with Gasteiger partial charge < -0.3 is 25.0 Å². The van der Waals surface area contributed by atoms with Gasteiger partial charge in [0.1, 0.15) is 0 Å². The van der Waals surface area contributed by atoms with Crippen molar-refractivity contribution in [2.24, 2.45) is 0 Å². The molecule has 1 aliphatic heterocycles. The Morgan fingerprint density at radius 1 is 1.06 bits per heavy atom. The Bertz CT molecular complexity index is 887. The van der Waals surface area contributed by atoms with Crippen LogP contribution in [0.2, 0.25) is 0 Å². The molecule has 1 aliphatic rings. The molecule has 1 aromatic rings. The average Bonchev–Trinajstić information content (AvgIpc) is 3.02. The highest BCUT2D eigenvalue weighted by Gasteiger charge is 2.39. The predicted octanol–water partition coefficient (Wildman–Crippen LogP) is 3.47. The summed E-state index contributed by atoms with van der Waals surface area (Å²) in [7, 11) is 1.59. The van der Waals surface area contributed by atoms with E-state index in [9.17, 15) is 9.59 Å². The zero-order valence-electron chi connectivity index (χ0n) is 22.7. The number of amides is 2. The van der Waals surface area contributed by atoms with Crippen LogP contribution in [0.25, 0.3) is 0 Å². The van der Waals surface area contributed by atoms with Gasteiger partial charge in [-0.3, -0.25) is 14.9 Å². The zero-order valence-corrected chi connectivity index (χ0v) is 24.3. The van der Waals surface area contributed by atoms with Crippen LogP contribution in [0.5, 0.6) is 11.5 Å². The molecule has 3 N–H and O–H groups in total. The molecule has 2 rings (SSSR count). The van der Waals surface area contributed by atoms with Gasteiger partial charge in [-0.1, -0.05) is 18.2 Å². The number of likely N-dealkylation sites (N-methyl/N-ethyl adjacent to an activating group) is 1. The summed E-state index contributed by atoms with van der Waals surface area (Å²) in [5.41, 5.74) is 1.16. The molecular weight excluding hydrogens is 503 g/mol. The first-order valence-electron chi connectivity index (χ1n) is 12.1. The van der Waals surface area contributed by atoms with Gasteiger partial charge in [0.2, 0.25) is 5.91 Å². The normalized spacial score (nSPS) is 15.1. The predicted molar refractivity (Wildman–Crippen MR) is 150 cm³/mol. The number of methoxy groups -OCH3 is 1. The Morgan fingerprint density at radius 2 is 1.72 bits per heavy atom. The summed E-state index contributed by atoms with van der Waals surface area (Å²) in [5.74, 6) is 1.11. The highest BCUT2D eigenvalue weighted by atomic mass is 35.5. The molecule has 0 aromatic heterocycles. The number of hydrogen-bond acceptors (Lipinski definition) is 6. The van der Waals surface area contributed by atoms with Gasteiger partial charge in [0.05, 0.1) is 7.11 Å². The van der Waals surface area contributed by atoms with Crippen LogP contribution in [0.3, 0.4) is 0 Å². The molecule has 0 saturated heterocycles. The van der Waals surface area contributed by atoms with E-state index in [4.69, 9.17) is 9.47 Å². The SMILES string of the molecule is CCN(CC)C(=O)COc1c(CNCCCNC(=O)C2=CC(C)(C)NC2(C)C)cccc1OC.Cl.Cl. The second-order valence-corrected chi connectivity index (χ2v) is 9.62. The second kappa shape index (κ2) is 15.3. The minimum absolute atomic E-state index is 0. The molecule has 0 bridgehead atoms. The first kappa shape index (κ1) is 34.0. The molecule has 206 valence electrons. The van der Waals surface area contributed by atoms with E-state index in [1.165, 1.54) is 0 Å².